The molecule has 1 aliphatic rings. The Morgan fingerprint density at radius 2 is 2.21 bits per heavy atom. The Bertz CT molecular complexity index is 408. The summed E-state index contributed by atoms with van der Waals surface area (Å²) in [5, 5.41) is 0. The Balaban J connectivity index is 1.91. The Hall–Kier alpha value is -1.39. The van der Waals surface area contributed by atoms with Crippen molar-refractivity contribution in [3.63, 3.8) is 0 Å². The minimum absolute atomic E-state index is 0.0330. The first-order valence-corrected chi connectivity index (χ1v) is 6.90. The van der Waals surface area contributed by atoms with Gasteiger partial charge in [-0.05, 0) is 18.4 Å². The van der Waals surface area contributed by atoms with Crippen LogP contribution >= 0.6 is 0 Å². The minimum Gasteiger partial charge on any atom is -0.375 e. The molecular weight excluding hydrogens is 240 g/mol. The van der Waals surface area contributed by atoms with Crippen LogP contribution in [0.25, 0.3) is 0 Å². The van der Waals surface area contributed by atoms with Crippen molar-refractivity contribution in [3.8, 4) is 0 Å². The molecule has 0 aromatic heterocycles. The van der Waals surface area contributed by atoms with Gasteiger partial charge in [0.1, 0.15) is 0 Å². The molecule has 104 valence electrons. The maximum atomic E-state index is 12.3. The van der Waals surface area contributed by atoms with Crippen LogP contribution in [0.5, 0.6) is 0 Å². The third-order valence-corrected chi connectivity index (χ3v) is 3.52. The first-order valence-electron chi connectivity index (χ1n) is 6.90. The molecule has 0 bridgehead atoms. The van der Waals surface area contributed by atoms with Gasteiger partial charge in [0, 0.05) is 13.1 Å². The predicted molar refractivity (Wildman–Crippen MR) is 74.7 cm³/mol. The Morgan fingerprint density at radius 3 is 2.89 bits per heavy atom. The molecule has 19 heavy (non-hydrogen) atoms. The van der Waals surface area contributed by atoms with E-state index >= 15 is 0 Å². The average Bonchev–Trinajstić information content (AvgIpc) is 2.47. The maximum absolute atomic E-state index is 12.3. The molecule has 1 amide bonds. The average molecular weight is 262 g/mol. The molecular formula is C15H22N2O2. The molecule has 0 spiro atoms. The number of rotatable bonds is 4. The molecule has 1 aromatic rings. The number of carbonyl (C=O) groups is 1. The number of amides is 1. The smallest absolute Gasteiger partial charge is 0.239 e. The van der Waals surface area contributed by atoms with Gasteiger partial charge in [0.05, 0.1) is 18.8 Å². The lowest BCUT2D eigenvalue weighted by Gasteiger charge is -2.34. The van der Waals surface area contributed by atoms with Crippen molar-refractivity contribution in [2.24, 2.45) is 5.73 Å². The number of morpholine rings is 1. The van der Waals surface area contributed by atoms with Gasteiger partial charge in [0.25, 0.3) is 0 Å². The number of hydrogen-bond donors (Lipinski definition) is 1. The van der Waals surface area contributed by atoms with Crippen molar-refractivity contribution in [2.45, 2.75) is 31.9 Å². The lowest BCUT2D eigenvalue weighted by Crippen LogP contribution is -2.51. The molecule has 4 nitrogen and oxygen atoms in total. The van der Waals surface area contributed by atoms with Crippen LogP contribution in [0, 0.1) is 0 Å². The Morgan fingerprint density at radius 1 is 1.47 bits per heavy atom. The van der Waals surface area contributed by atoms with Gasteiger partial charge in [0.2, 0.25) is 5.91 Å². The van der Waals surface area contributed by atoms with Crippen molar-refractivity contribution in [1.82, 2.24) is 4.90 Å². The first-order chi connectivity index (χ1) is 9.20. The lowest BCUT2D eigenvalue weighted by molar-refractivity contribution is -0.140. The van der Waals surface area contributed by atoms with E-state index in [1.54, 1.807) is 0 Å². The fraction of sp³-hybridized carbons (Fsp3) is 0.533. The molecule has 1 heterocycles. The molecule has 0 aliphatic carbocycles. The summed E-state index contributed by atoms with van der Waals surface area (Å²) in [6.07, 6.45) is 1.67. The maximum Gasteiger partial charge on any atom is 0.239 e. The number of nitrogens with zero attached hydrogens (tertiary/aromatic N) is 1. The SMILES string of the molecule is CC[C@@H]1CN(C(=O)[C@H](N)Cc2ccccc2)CCO1. The Kier molecular flexibility index (Phi) is 4.93. The predicted octanol–water partition coefficient (Wildman–Crippen LogP) is 1.19. The van der Waals surface area contributed by atoms with Crippen molar-refractivity contribution >= 4 is 5.91 Å². The van der Waals surface area contributed by atoms with E-state index in [-0.39, 0.29) is 12.0 Å². The standard InChI is InChI=1S/C15H22N2O2/c1-2-13-11-17(8-9-19-13)15(18)14(16)10-12-6-4-3-5-7-12/h3-7,13-14H,2,8-11,16H2,1H3/t13-,14-/m1/s1. The number of ether oxygens (including phenoxy) is 1. The molecule has 2 rings (SSSR count). The molecule has 1 aliphatic heterocycles. The Labute approximate surface area is 114 Å². The van der Waals surface area contributed by atoms with Crippen LogP contribution in [-0.4, -0.2) is 42.6 Å². The monoisotopic (exact) mass is 262 g/mol. The zero-order chi connectivity index (χ0) is 13.7. The highest BCUT2D eigenvalue weighted by Gasteiger charge is 2.26. The molecule has 0 saturated carbocycles. The van der Waals surface area contributed by atoms with Gasteiger partial charge < -0.3 is 15.4 Å². The largest absolute Gasteiger partial charge is 0.375 e. The van der Waals surface area contributed by atoms with Gasteiger partial charge in [-0.25, -0.2) is 0 Å². The molecule has 2 atom stereocenters. The molecule has 1 aromatic carbocycles. The summed E-state index contributed by atoms with van der Waals surface area (Å²) in [6, 6.07) is 9.44. The van der Waals surface area contributed by atoms with E-state index in [9.17, 15) is 4.79 Å². The van der Waals surface area contributed by atoms with E-state index < -0.39 is 6.04 Å². The molecule has 1 saturated heterocycles. The normalized spacial score (nSPS) is 21.2. The van der Waals surface area contributed by atoms with Crippen molar-refractivity contribution < 1.29 is 9.53 Å². The van der Waals surface area contributed by atoms with Crippen LogP contribution in [0.1, 0.15) is 18.9 Å². The third kappa shape index (κ3) is 3.78. The van der Waals surface area contributed by atoms with E-state index in [1.807, 2.05) is 35.2 Å². The summed E-state index contributed by atoms with van der Waals surface area (Å²) in [5.41, 5.74) is 7.14. The van der Waals surface area contributed by atoms with E-state index in [2.05, 4.69) is 6.92 Å². The summed E-state index contributed by atoms with van der Waals surface area (Å²) in [7, 11) is 0. The number of benzene rings is 1. The highest BCUT2D eigenvalue weighted by Crippen LogP contribution is 2.11. The zero-order valence-electron chi connectivity index (χ0n) is 11.4. The van der Waals surface area contributed by atoms with Gasteiger partial charge in [0.15, 0.2) is 0 Å². The molecule has 0 unspecified atom stereocenters. The summed E-state index contributed by atoms with van der Waals surface area (Å²) in [6.45, 7) is 4.00. The van der Waals surface area contributed by atoms with Gasteiger partial charge in [-0.15, -0.1) is 0 Å². The second-order valence-electron chi connectivity index (χ2n) is 4.98. The summed E-state index contributed by atoms with van der Waals surface area (Å²) < 4.78 is 5.57. The third-order valence-electron chi connectivity index (χ3n) is 3.52. The van der Waals surface area contributed by atoms with E-state index in [0.29, 0.717) is 26.1 Å². The van der Waals surface area contributed by atoms with Crippen molar-refractivity contribution in [1.29, 1.82) is 0 Å². The molecule has 0 radical (unpaired) electrons. The summed E-state index contributed by atoms with van der Waals surface area (Å²) >= 11 is 0. The second kappa shape index (κ2) is 6.68. The first kappa shape index (κ1) is 14.0. The van der Waals surface area contributed by atoms with Gasteiger partial charge in [-0.2, -0.15) is 0 Å². The molecule has 4 heteroatoms. The molecule has 1 fully saturated rings. The highest BCUT2D eigenvalue weighted by molar-refractivity contribution is 5.82. The topological polar surface area (TPSA) is 55.6 Å². The van der Waals surface area contributed by atoms with Crippen LogP contribution in [0.4, 0.5) is 0 Å². The lowest BCUT2D eigenvalue weighted by atomic mass is 10.1. The van der Waals surface area contributed by atoms with E-state index in [1.165, 1.54) is 0 Å². The van der Waals surface area contributed by atoms with E-state index in [4.69, 9.17) is 10.5 Å². The molecule has 2 N–H and O–H groups in total. The number of hydrogen-bond acceptors (Lipinski definition) is 3. The number of nitrogens with two attached hydrogens (primary N) is 1. The minimum atomic E-state index is -0.460. The fourth-order valence-electron chi connectivity index (χ4n) is 2.36. The van der Waals surface area contributed by atoms with E-state index in [0.717, 1.165) is 12.0 Å². The number of carbonyl (C=O) groups excluding carboxylic acids is 1. The second-order valence-corrected chi connectivity index (χ2v) is 4.98. The highest BCUT2D eigenvalue weighted by atomic mass is 16.5. The summed E-state index contributed by atoms with van der Waals surface area (Å²) in [5.74, 6) is 0.0330. The van der Waals surface area contributed by atoms with Crippen LogP contribution in [0.15, 0.2) is 30.3 Å². The van der Waals surface area contributed by atoms with Crippen LogP contribution < -0.4 is 5.73 Å². The summed E-state index contributed by atoms with van der Waals surface area (Å²) in [4.78, 5) is 14.1. The van der Waals surface area contributed by atoms with Crippen LogP contribution in [-0.2, 0) is 16.0 Å². The van der Waals surface area contributed by atoms with Crippen LogP contribution in [0.2, 0.25) is 0 Å². The van der Waals surface area contributed by atoms with Gasteiger partial charge in [-0.3, -0.25) is 4.79 Å². The van der Waals surface area contributed by atoms with Gasteiger partial charge >= 0.3 is 0 Å². The van der Waals surface area contributed by atoms with Crippen LogP contribution in [0.3, 0.4) is 0 Å². The zero-order valence-corrected chi connectivity index (χ0v) is 11.4. The fourth-order valence-corrected chi connectivity index (χ4v) is 2.36. The van der Waals surface area contributed by atoms with Crippen molar-refractivity contribution in [2.75, 3.05) is 19.7 Å². The van der Waals surface area contributed by atoms with Gasteiger partial charge in [-0.1, -0.05) is 37.3 Å². The van der Waals surface area contributed by atoms with Crippen molar-refractivity contribution in [3.05, 3.63) is 35.9 Å². The quantitative estimate of drug-likeness (QED) is 0.887.